The smallest absolute Gasteiger partial charge is 0.265 e. The van der Waals surface area contributed by atoms with Gasteiger partial charge in [0.2, 0.25) is 0 Å². The third-order valence-corrected chi connectivity index (χ3v) is 6.81. The first-order valence-corrected chi connectivity index (χ1v) is 11.1. The summed E-state index contributed by atoms with van der Waals surface area (Å²) in [6.45, 7) is 0.557. The van der Waals surface area contributed by atoms with Gasteiger partial charge in [0.15, 0.2) is 17.6 Å². The minimum absolute atomic E-state index is 0.189. The normalized spacial score (nSPS) is 29.7. The van der Waals surface area contributed by atoms with E-state index in [1.807, 2.05) is 17.0 Å². The maximum Gasteiger partial charge on any atom is 0.265 e. The molecule has 1 saturated carbocycles. The zero-order chi connectivity index (χ0) is 19.4. The van der Waals surface area contributed by atoms with E-state index in [1.165, 1.54) is 0 Å². The van der Waals surface area contributed by atoms with E-state index in [0.717, 1.165) is 43.1 Å². The van der Waals surface area contributed by atoms with Gasteiger partial charge in [0.05, 0.1) is 26.0 Å². The summed E-state index contributed by atoms with van der Waals surface area (Å²) in [6.07, 6.45) is 4.26. The first kappa shape index (κ1) is 18.6. The van der Waals surface area contributed by atoms with Crippen molar-refractivity contribution in [1.29, 1.82) is 0 Å². The van der Waals surface area contributed by atoms with Crippen molar-refractivity contribution < 1.29 is 26.9 Å². The van der Waals surface area contributed by atoms with E-state index in [1.54, 1.807) is 14.2 Å². The number of amides is 1. The summed E-state index contributed by atoms with van der Waals surface area (Å²) in [4.78, 5) is 15.0. The van der Waals surface area contributed by atoms with E-state index in [2.05, 4.69) is 0 Å². The lowest BCUT2D eigenvalue weighted by Gasteiger charge is -2.49. The van der Waals surface area contributed by atoms with Gasteiger partial charge in [0.1, 0.15) is 0 Å². The first-order chi connectivity index (χ1) is 12.8. The largest absolute Gasteiger partial charge is 0.493 e. The predicted molar refractivity (Wildman–Crippen MR) is 98.3 cm³/mol. The Labute approximate surface area is 159 Å². The Kier molecular flexibility index (Phi) is 4.38. The molecule has 1 saturated heterocycles. The average Bonchev–Trinajstić information content (AvgIpc) is 2.88. The van der Waals surface area contributed by atoms with Gasteiger partial charge in [-0.3, -0.25) is 8.98 Å². The summed E-state index contributed by atoms with van der Waals surface area (Å²) in [5.41, 5.74) is 1.64. The molecule has 0 unspecified atom stereocenters. The monoisotopic (exact) mass is 395 g/mol. The summed E-state index contributed by atoms with van der Waals surface area (Å²) < 4.78 is 39.9. The molecule has 2 heterocycles. The number of rotatable bonds is 4. The van der Waals surface area contributed by atoms with Crippen LogP contribution in [0.15, 0.2) is 12.1 Å². The molecule has 4 rings (SSSR count). The molecule has 8 heteroatoms. The zero-order valence-electron chi connectivity index (χ0n) is 15.9. The van der Waals surface area contributed by atoms with E-state index >= 15 is 0 Å². The number of benzene rings is 1. The number of hydrogen-bond donors (Lipinski definition) is 0. The fraction of sp³-hybridized carbons (Fsp3) is 0.632. The average molecular weight is 395 g/mol. The molecular weight excluding hydrogens is 370 g/mol. The second-order valence-electron chi connectivity index (χ2n) is 7.60. The number of hydrogen-bond acceptors (Lipinski definition) is 6. The minimum Gasteiger partial charge on any atom is -0.493 e. The van der Waals surface area contributed by atoms with Crippen LogP contribution in [-0.2, 0) is 31.1 Å². The Morgan fingerprint density at radius 3 is 2.52 bits per heavy atom. The molecule has 7 nitrogen and oxygen atoms in total. The highest BCUT2D eigenvalue weighted by Crippen LogP contribution is 2.57. The molecule has 0 N–H and O–H groups in total. The molecule has 1 aromatic rings. The van der Waals surface area contributed by atoms with Gasteiger partial charge < -0.3 is 14.4 Å². The van der Waals surface area contributed by atoms with Crippen LogP contribution in [0.5, 0.6) is 11.5 Å². The molecule has 1 amide bonds. The van der Waals surface area contributed by atoms with Crippen molar-refractivity contribution in [3.8, 4) is 11.5 Å². The predicted octanol–water partition coefficient (Wildman–Crippen LogP) is 1.83. The standard InChI is InChI=1S/C19H25NO6S/c1-24-15-10-12-7-9-20-18(21)17(26-27(3,22)23)13-6-4-5-8-19(13,20)14(12)11-16(15)25-2/h10-11,13,17H,4-9H2,1-3H3/t13-,17-,19-/m0/s1. The molecule has 0 aromatic heterocycles. The number of fused-ring (bicyclic) bond motifs is 1. The number of methoxy groups -OCH3 is 2. The second-order valence-corrected chi connectivity index (χ2v) is 9.20. The molecule has 0 bridgehead atoms. The van der Waals surface area contributed by atoms with Crippen LogP contribution in [0.25, 0.3) is 0 Å². The highest BCUT2D eigenvalue weighted by molar-refractivity contribution is 7.86. The van der Waals surface area contributed by atoms with Crippen LogP contribution in [-0.4, -0.2) is 52.3 Å². The Morgan fingerprint density at radius 1 is 1.15 bits per heavy atom. The first-order valence-electron chi connectivity index (χ1n) is 9.27. The molecule has 2 fully saturated rings. The van der Waals surface area contributed by atoms with Gasteiger partial charge in [-0.2, -0.15) is 8.42 Å². The number of carbonyl (C=O) groups is 1. The van der Waals surface area contributed by atoms with Crippen molar-refractivity contribution in [2.75, 3.05) is 27.0 Å². The molecule has 2 aliphatic heterocycles. The third-order valence-electron chi connectivity index (χ3n) is 6.25. The van der Waals surface area contributed by atoms with Crippen molar-refractivity contribution in [3.05, 3.63) is 23.3 Å². The van der Waals surface area contributed by atoms with Crippen LogP contribution < -0.4 is 9.47 Å². The molecule has 0 radical (unpaired) electrons. The summed E-state index contributed by atoms with van der Waals surface area (Å²) in [6, 6.07) is 3.95. The molecule has 1 aliphatic carbocycles. The highest BCUT2D eigenvalue weighted by atomic mass is 32.2. The van der Waals surface area contributed by atoms with Crippen molar-refractivity contribution in [3.63, 3.8) is 0 Å². The fourth-order valence-corrected chi connectivity index (χ4v) is 5.88. The third kappa shape index (κ3) is 2.72. The molecule has 27 heavy (non-hydrogen) atoms. The topological polar surface area (TPSA) is 82.1 Å². The molecule has 1 aromatic carbocycles. The van der Waals surface area contributed by atoms with Crippen molar-refractivity contribution in [1.82, 2.24) is 4.90 Å². The molecule has 148 valence electrons. The second kappa shape index (κ2) is 6.38. The van der Waals surface area contributed by atoms with E-state index in [4.69, 9.17) is 13.7 Å². The van der Waals surface area contributed by atoms with Crippen molar-refractivity contribution >= 4 is 16.0 Å². The number of carbonyl (C=O) groups excluding carboxylic acids is 1. The Balaban J connectivity index is 1.89. The van der Waals surface area contributed by atoms with Gasteiger partial charge in [-0.25, -0.2) is 0 Å². The SMILES string of the molecule is COc1cc2c(cc1OC)[C@]13CCCC[C@H]1[C@H](OS(C)(=O)=O)C(=O)N3CC2. The van der Waals surface area contributed by atoms with E-state index in [0.29, 0.717) is 24.5 Å². The summed E-state index contributed by atoms with van der Waals surface area (Å²) in [5.74, 6) is 0.886. The van der Waals surface area contributed by atoms with Crippen LogP contribution in [0.1, 0.15) is 36.8 Å². The number of ether oxygens (including phenoxy) is 2. The van der Waals surface area contributed by atoms with E-state index < -0.39 is 21.8 Å². The Morgan fingerprint density at radius 2 is 1.85 bits per heavy atom. The number of nitrogens with zero attached hydrogens (tertiary/aromatic N) is 1. The van der Waals surface area contributed by atoms with Crippen LogP contribution >= 0.6 is 0 Å². The highest BCUT2D eigenvalue weighted by Gasteiger charge is 2.62. The molecular formula is C19H25NO6S. The molecule has 3 aliphatic rings. The summed E-state index contributed by atoms with van der Waals surface area (Å²) in [7, 11) is -0.530. The van der Waals surface area contributed by atoms with Crippen LogP contribution in [0.4, 0.5) is 0 Å². The minimum atomic E-state index is -3.73. The van der Waals surface area contributed by atoms with Crippen molar-refractivity contribution in [2.24, 2.45) is 5.92 Å². The maximum absolute atomic E-state index is 13.1. The van der Waals surface area contributed by atoms with Gasteiger partial charge in [0.25, 0.3) is 16.0 Å². The van der Waals surface area contributed by atoms with E-state index in [-0.39, 0.29) is 11.8 Å². The fourth-order valence-electron chi connectivity index (χ4n) is 5.29. The van der Waals surface area contributed by atoms with Gasteiger partial charge in [0, 0.05) is 12.5 Å². The van der Waals surface area contributed by atoms with Gasteiger partial charge in [-0.1, -0.05) is 12.8 Å². The lowest BCUT2D eigenvalue weighted by atomic mass is 9.66. The van der Waals surface area contributed by atoms with Gasteiger partial charge in [-0.15, -0.1) is 0 Å². The van der Waals surface area contributed by atoms with Crippen LogP contribution in [0.2, 0.25) is 0 Å². The Bertz CT molecular complexity index is 882. The summed E-state index contributed by atoms with van der Waals surface area (Å²) >= 11 is 0. The van der Waals surface area contributed by atoms with Crippen LogP contribution in [0, 0.1) is 5.92 Å². The zero-order valence-corrected chi connectivity index (χ0v) is 16.7. The molecule has 3 atom stereocenters. The summed E-state index contributed by atoms with van der Waals surface area (Å²) in [5, 5.41) is 0. The van der Waals surface area contributed by atoms with Gasteiger partial charge in [-0.05, 0) is 42.5 Å². The van der Waals surface area contributed by atoms with E-state index in [9.17, 15) is 13.2 Å². The van der Waals surface area contributed by atoms with Crippen molar-refractivity contribution in [2.45, 2.75) is 43.7 Å². The quantitative estimate of drug-likeness (QED) is 0.724. The van der Waals surface area contributed by atoms with Crippen LogP contribution in [0.3, 0.4) is 0 Å². The lowest BCUT2D eigenvalue weighted by molar-refractivity contribution is -0.136. The lowest BCUT2D eigenvalue weighted by Crippen LogP contribution is -2.52. The maximum atomic E-state index is 13.1. The van der Waals surface area contributed by atoms with Gasteiger partial charge >= 0.3 is 0 Å². The molecule has 1 spiro atoms. The Hall–Kier alpha value is -1.80.